The molecule has 3 aromatic rings. The predicted molar refractivity (Wildman–Crippen MR) is 152 cm³/mol. The van der Waals surface area contributed by atoms with Crippen molar-refractivity contribution in [2.75, 3.05) is 31.0 Å². The van der Waals surface area contributed by atoms with Gasteiger partial charge in [0.15, 0.2) is 22.4 Å². The van der Waals surface area contributed by atoms with E-state index in [1.807, 2.05) is 32.0 Å². The highest BCUT2D eigenvalue weighted by atomic mass is 32.2. The van der Waals surface area contributed by atoms with Gasteiger partial charge in [-0.2, -0.15) is 0 Å². The van der Waals surface area contributed by atoms with E-state index >= 15 is 0 Å². The lowest BCUT2D eigenvalue weighted by Gasteiger charge is -2.16. The number of rotatable bonds is 8. The summed E-state index contributed by atoms with van der Waals surface area (Å²) in [7, 11) is 3.08. The molecule has 0 unspecified atom stereocenters. The van der Waals surface area contributed by atoms with Gasteiger partial charge in [0, 0.05) is 11.8 Å². The van der Waals surface area contributed by atoms with Gasteiger partial charge in [-0.05, 0) is 73.0 Å². The first-order chi connectivity index (χ1) is 17.8. The third-order valence-corrected chi connectivity index (χ3v) is 7.04. The fraction of sp³-hybridized carbons (Fsp3) is 0.179. The lowest BCUT2D eigenvalue weighted by atomic mass is 10.1. The van der Waals surface area contributed by atoms with Gasteiger partial charge in [-0.15, -0.1) is 0 Å². The number of hydrogen-bond donors (Lipinski definition) is 1. The number of nitrogens with zero attached hydrogens (tertiary/aromatic N) is 1. The Bertz CT molecular complexity index is 1400. The zero-order valence-corrected chi connectivity index (χ0v) is 22.5. The summed E-state index contributed by atoms with van der Waals surface area (Å²) in [6.07, 6.45) is 1.77. The summed E-state index contributed by atoms with van der Waals surface area (Å²) < 4.78 is 16.8. The zero-order chi connectivity index (χ0) is 26.5. The molecule has 0 bridgehead atoms. The van der Waals surface area contributed by atoms with Crippen LogP contribution in [-0.4, -0.2) is 37.0 Å². The number of amides is 2. The van der Waals surface area contributed by atoms with Crippen molar-refractivity contribution in [1.82, 2.24) is 0 Å². The van der Waals surface area contributed by atoms with E-state index in [0.29, 0.717) is 32.2 Å². The second-order valence-corrected chi connectivity index (χ2v) is 9.94. The van der Waals surface area contributed by atoms with Crippen molar-refractivity contribution in [3.8, 4) is 17.2 Å². The van der Waals surface area contributed by atoms with E-state index < -0.39 is 0 Å². The number of carbonyl (C=O) groups excluding carboxylic acids is 2. The molecule has 0 aromatic heterocycles. The van der Waals surface area contributed by atoms with E-state index in [1.165, 1.54) is 18.9 Å². The maximum Gasteiger partial charge on any atom is 0.270 e. The topological polar surface area (TPSA) is 77.1 Å². The minimum atomic E-state index is -0.325. The molecule has 1 saturated heterocycles. The maximum absolute atomic E-state index is 13.1. The van der Waals surface area contributed by atoms with E-state index in [-0.39, 0.29) is 18.4 Å². The largest absolute Gasteiger partial charge is 0.497 e. The van der Waals surface area contributed by atoms with Crippen LogP contribution in [0.15, 0.2) is 65.6 Å². The van der Waals surface area contributed by atoms with E-state index in [1.54, 1.807) is 60.6 Å². The van der Waals surface area contributed by atoms with Crippen LogP contribution in [0, 0.1) is 13.8 Å². The highest BCUT2D eigenvalue weighted by molar-refractivity contribution is 8.27. The van der Waals surface area contributed by atoms with Crippen LogP contribution in [0.4, 0.5) is 11.4 Å². The third-order valence-electron chi connectivity index (χ3n) is 5.74. The molecule has 190 valence electrons. The van der Waals surface area contributed by atoms with Gasteiger partial charge < -0.3 is 19.5 Å². The third kappa shape index (κ3) is 6.12. The van der Waals surface area contributed by atoms with Gasteiger partial charge in [-0.1, -0.05) is 42.2 Å². The summed E-state index contributed by atoms with van der Waals surface area (Å²) in [4.78, 5) is 27.6. The molecule has 3 aromatic carbocycles. The molecule has 9 heteroatoms. The van der Waals surface area contributed by atoms with Crippen LogP contribution >= 0.6 is 24.0 Å². The zero-order valence-electron chi connectivity index (χ0n) is 20.9. The van der Waals surface area contributed by atoms with Crippen molar-refractivity contribution in [3.63, 3.8) is 0 Å². The van der Waals surface area contributed by atoms with Crippen LogP contribution < -0.4 is 24.4 Å². The fourth-order valence-electron chi connectivity index (χ4n) is 3.64. The molecule has 0 radical (unpaired) electrons. The smallest absolute Gasteiger partial charge is 0.270 e. The summed E-state index contributed by atoms with van der Waals surface area (Å²) in [5.74, 6) is 0.985. The number of thiocarbonyl (C=S) groups is 1. The monoisotopic (exact) mass is 534 g/mol. The fourth-order valence-corrected chi connectivity index (χ4v) is 4.94. The quantitative estimate of drug-likeness (QED) is 0.292. The predicted octanol–water partition coefficient (Wildman–Crippen LogP) is 5.74. The molecule has 1 aliphatic heterocycles. The Morgan fingerprint density at radius 2 is 1.81 bits per heavy atom. The van der Waals surface area contributed by atoms with Gasteiger partial charge in [-0.25, -0.2) is 0 Å². The van der Waals surface area contributed by atoms with Crippen molar-refractivity contribution in [2.45, 2.75) is 13.8 Å². The van der Waals surface area contributed by atoms with Crippen LogP contribution in [0.2, 0.25) is 0 Å². The summed E-state index contributed by atoms with van der Waals surface area (Å²) in [5.41, 5.74) is 4.34. The van der Waals surface area contributed by atoms with Crippen LogP contribution in [0.25, 0.3) is 6.08 Å². The molecule has 1 fully saturated rings. The van der Waals surface area contributed by atoms with Crippen LogP contribution in [0.5, 0.6) is 17.2 Å². The maximum atomic E-state index is 13.1. The Morgan fingerprint density at radius 1 is 1.00 bits per heavy atom. The molecule has 1 aliphatic rings. The van der Waals surface area contributed by atoms with Crippen molar-refractivity contribution in [3.05, 3.63) is 82.3 Å². The summed E-state index contributed by atoms with van der Waals surface area (Å²) >= 11 is 6.75. The highest BCUT2D eigenvalue weighted by Crippen LogP contribution is 2.37. The minimum Gasteiger partial charge on any atom is -0.497 e. The number of benzene rings is 3. The first-order valence-electron chi connectivity index (χ1n) is 11.4. The summed E-state index contributed by atoms with van der Waals surface area (Å²) in [6.45, 7) is 3.82. The Hall–Kier alpha value is -3.82. The second-order valence-electron chi connectivity index (χ2n) is 8.26. The average Bonchev–Trinajstić information content (AvgIpc) is 3.17. The number of anilines is 2. The molecule has 1 N–H and O–H groups in total. The number of nitrogens with one attached hydrogen (secondary N) is 1. The summed E-state index contributed by atoms with van der Waals surface area (Å²) in [5, 5.41) is 2.77. The minimum absolute atomic E-state index is 0.174. The first kappa shape index (κ1) is 26.2. The highest BCUT2D eigenvalue weighted by Gasteiger charge is 2.33. The molecule has 0 saturated carbocycles. The number of carbonyl (C=O) groups is 2. The van der Waals surface area contributed by atoms with Crippen molar-refractivity contribution in [1.29, 1.82) is 0 Å². The molecule has 2 amide bonds. The Labute approximate surface area is 225 Å². The average molecular weight is 535 g/mol. The molecule has 7 nitrogen and oxygen atoms in total. The van der Waals surface area contributed by atoms with Crippen LogP contribution in [0.3, 0.4) is 0 Å². The lowest BCUT2D eigenvalue weighted by Crippen LogP contribution is -2.27. The number of hydrogen-bond acceptors (Lipinski definition) is 7. The van der Waals surface area contributed by atoms with Crippen molar-refractivity contribution in [2.24, 2.45) is 0 Å². The Balaban J connectivity index is 1.45. The SMILES string of the molecule is COc1cccc(NC(=O)COc2ccc(/C=C3\SC(=S)N(c4ccc(C)c(C)c4)C3=O)cc2OC)c1. The van der Waals surface area contributed by atoms with E-state index in [4.69, 9.17) is 26.4 Å². The molecular weight excluding hydrogens is 508 g/mol. The van der Waals surface area contributed by atoms with E-state index in [0.717, 1.165) is 22.4 Å². The molecular formula is C28H26N2O5S2. The van der Waals surface area contributed by atoms with Crippen LogP contribution in [-0.2, 0) is 9.59 Å². The van der Waals surface area contributed by atoms with Crippen molar-refractivity contribution < 1.29 is 23.8 Å². The molecule has 0 atom stereocenters. The first-order valence-corrected chi connectivity index (χ1v) is 12.6. The molecule has 0 spiro atoms. The van der Waals surface area contributed by atoms with Crippen LogP contribution in [0.1, 0.15) is 16.7 Å². The van der Waals surface area contributed by atoms with E-state index in [2.05, 4.69) is 5.32 Å². The van der Waals surface area contributed by atoms with E-state index in [9.17, 15) is 9.59 Å². The summed E-state index contributed by atoms with van der Waals surface area (Å²) in [6, 6.07) is 18.1. The molecule has 0 aliphatic carbocycles. The number of thioether (sulfide) groups is 1. The standard InChI is InChI=1S/C28H26N2O5S2/c1-17-8-10-21(12-18(17)2)30-27(32)25(37-28(30)36)14-19-9-11-23(24(13-19)34-4)35-16-26(31)29-20-6-5-7-22(15-20)33-3/h5-15H,16H2,1-4H3,(H,29,31)/b25-14-. The van der Waals surface area contributed by atoms with Crippen molar-refractivity contribution >= 4 is 57.6 Å². The Morgan fingerprint density at radius 3 is 2.54 bits per heavy atom. The van der Waals surface area contributed by atoms with Gasteiger partial charge >= 0.3 is 0 Å². The Kier molecular flexibility index (Phi) is 8.15. The number of aryl methyl sites for hydroxylation is 2. The van der Waals surface area contributed by atoms with Gasteiger partial charge in [-0.3, -0.25) is 14.5 Å². The molecule has 37 heavy (non-hydrogen) atoms. The van der Waals surface area contributed by atoms with Gasteiger partial charge in [0.2, 0.25) is 0 Å². The lowest BCUT2D eigenvalue weighted by molar-refractivity contribution is -0.118. The molecule has 1 heterocycles. The number of ether oxygens (including phenoxy) is 3. The van der Waals surface area contributed by atoms with Gasteiger partial charge in [0.1, 0.15) is 5.75 Å². The normalized spacial score (nSPS) is 14.2. The van der Waals surface area contributed by atoms with Gasteiger partial charge in [0.05, 0.1) is 24.8 Å². The molecule has 4 rings (SSSR count). The second kappa shape index (κ2) is 11.5. The number of methoxy groups -OCH3 is 2. The van der Waals surface area contributed by atoms with Gasteiger partial charge in [0.25, 0.3) is 11.8 Å².